The molecule has 1 heterocycles. The Balaban J connectivity index is 2.31. The molecule has 0 aromatic heterocycles. The van der Waals surface area contributed by atoms with Gasteiger partial charge in [0.25, 0.3) is 5.79 Å². The molecule has 0 spiro atoms. The summed E-state index contributed by atoms with van der Waals surface area (Å²) in [5, 5.41) is 43.2. The van der Waals surface area contributed by atoms with E-state index in [1.54, 1.807) is 51.1 Å². The number of rotatable bonds is 1. The van der Waals surface area contributed by atoms with E-state index in [0.717, 1.165) is 0 Å². The number of ether oxygens (including phenoxy) is 1. The van der Waals surface area contributed by atoms with Gasteiger partial charge in [0.05, 0.1) is 0 Å². The average Bonchev–Trinajstić information content (AvgIpc) is 2.57. The van der Waals surface area contributed by atoms with Crippen LogP contribution in [0.15, 0.2) is 30.3 Å². The summed E-state index contributed by atoms with van der Waals surface area (Å²) in [6, 6.07) is 8.42. The second kappa shape index (κ2) is 5.21. The Labute approximate surface area is 140 Å². The smallest absolute Gasteiger partial charge is 0.266 e. The van der Waals surface area contributed by atoms with E-state index in [1.165, 1.54) is 6.92 Å². The van der Waals surface area contributed by atoms with Crippen molar-refractivity contribution in [2.45, 2.75) is 45.2 Å². The zero-order valence-corrected chi connectivity index (χ0v) is 14.2. The molecule has 0 saturated carbocycles. The first kappa shape index (κ1) is 16.8. The van der Waals surface area contributed by atoms with Crippen LogP contribution in [0.25, 0.3) is 0 Å². The number of aromatic hydroxyl groups is 1. The topological polar surface area (TPSA) is 90.2 Å². The summed E-state index contributed by atoms with van der Waals surface area (Å²) in [5.41, 5.74) is 0.357. The SMILES string of the molecule is Cc1c(C)c2c(c(C)c1O)OC(O)(c1ccccc1)C(C)(O)C2O. The minimum Gasteiger partial charge on any atom is -0.507 e. The van der Waals surface area contributed by atoms with Crippen LogP contribution in [0.4, 0.5) is 0 Å². The molecule has 3 rings (SSSR count). The molecule has 5 heteroatoms. The zero-order valence-electron chi connectivity index (χ0n) is 14.2. The number of aliphatic hydroxyl groups excluding tert-OH is 1. The highest BCUT2D eigenvalue weighted by molar-refractivity contribution is 5.60. The molecule has 1 aliphatic heterocycles. The quantitative estimate of drug-likeness (QED) is 0.644. The van der Waals surface area contributed by atoms with Crippen molar-refractivity contribution in [2.24, 2.45) is 0 Å². The summed E-state index contributed by atoms with van der Waals surface area (Å²) in [4.78, 5) is 0. The van der Waals surface area contributed by atoms with Crippen LogP contribution >= 0.6 is 0 Å². The molecule has 4 N–H and O–H groups in total. The number of hydrogen-bond donors (Lipinski definition) is 4. The van der Waals surface area contributed by atoms with E-state index in [9.17, 15) is 20.4 Å². The normalized spacial score (nSPS) is 29.0. The second-order valence-corrected chi connectivity index (χ2v) is 6.63. The maximum Gasteiger partial charge on any atom is 0.266 e. The number of hydrogen-bond acceptors (Lipinski definition) is 5. The Morgan fingerprint density at radius 3 is 2.12 bits per heavy atom. The van der Waals surface area contributed by atoms with Crippen molar-refractivity contribution in [1.82, 2.24) is 0 Å². The average molecular weight is 330 g/mol. The third kappa shape index (κ3) is 1.99. The van der Waals surface area contributed by atoms with Crippen molar-refractivity contribution >= 4 is 0 Å². The Hall–Kier alpha value is -2.08. The van der Waals surface area contributed by atoms with Gasteiger partial charge in [-0.2, -0.15) is 0 Å². The monoisotopic (exact) mass is 330 g/mol. The number of benzene rings is 2. The van der Waals surface area contributed by atoms with Crippen LogP contribution in [-0.2, 0) is 5.79 Å². The van der Waals surface area contributed by atoms with Gasteiger partial charge in [-0.1, -0.05) is 30.3 Å². The van der Waals surface area contributed by atoms with Gasteiger partial charge < -0.3 is 25.2 Å². The molecule has 3 atom stereocenters. The molecule has 24 heavy (non-hydrogen) atoms. The summed E-state index contributed by atoms with van der Waals surface area (Å²) < 4.78 is 5.82. The molecule has 0 fully saturated rings. The standard InChI is InChI=1S/C19H22O5/c1-10-11(2)15(20)12(3)16-14(10)17(21)18(4,22)19(23,24-16)13-8-6-5-7-9-13/h5-9,17,20-23H,1-4H3. The highest BCUT2D eigenvalue weighted by Gasteiger charge is 2.59. The van der Waals surface area contributed by atoms with Crippen molar-refractivity contribution in [3.8, 4) is 11.5 Å². The maximum absolute atomic E-state index is 11.1. The molecular weight excluding hydrogens is 308 g/mol. The van der Waals surface area contributed by atoms with Gasteiger partial charge in [-0.15, -0.1) is 0 Å². The van der Waals surface area contributed by atoms with Gasteiger partial charge >= 0.3 is 0 Å². The molecule has 128 valence electrons. The van der Waals surface area contributed by atoms with Crippen molar-refractivity contribution in [1.29, 1.82) is 0 Å². The third-order valence-electron chi connectivity index (χ3n) is 5.17. The van der Waals surface area contributed by atoms with E-state index < -0.39 is 17.5 Å². The minimum atomic E-state index is -2.15. The largest absolute Gasteiger partial charge is 0.507 e. The van der Waals surface area contributed by atoms with E-state index in [-0.39, 0.29) is 11.5 Å². The highest BCUT2D eigenvalue weighted by atomic mass is 16.6. The van der Waals surface area contributed by atoms with Crippen LogP contribution in [0.2, 0.25) is 0 Å². The fourth-order valence-corrected chi connectivity index (χ4v) is 3.33. The fourth-order valence-electron chi connectivity index (χ4n) is 3.33. The second-order valence-electron chi connectivity index (χ2n) is 6.63. The number of phenolic OH excluding ortho intramolecular Hbond substituents is 1. The van der Waals surface area contributed by atoms with E-state index in [0.29, 0.717) is 27.8 Å². The van der Waals surface area contributed by atoms with Gasteiger partial charge in [-0.3, -0.25) is 0 Å². The van der Waals surface area contributed by atoms with Crippen molar-refractivity contribution in [2.75, 3.05) is 0 Å². The molecule has 5 nitrogen and oxygen atoms in total. The van der Waals surface area contributed by atoms with Gasteiger partial charge in [0.1, 0.15) is 17.6 Å². The molecule has 0 saturated heterocycles. The lowest BCUT2D eigenvalue weighted by Crippen LogP contribution is -2.59. The summed E-state index contributed by atoms with van der Waals surface area (Å²) >= 11 is 0. The molecule has 0 bridgehead atoms. The van der Waals surface area contributed by atoms with E-state index in [4.69, 9.17) is 4.74 Å². The lowest BCUT2D eigenvalue weighted by atomic mass is 9.76. The molecule has 2 aromatic carbocycles. The van der Waals surface area contributed by atoms with Crippen LogP contribution in [-0.4, -0.2) is 26.0 Å². The highest BCUT2D eigenvalue weighted by Crippen LogP contribution is 2.53. The van der Waals surface area contributed by atoms with E-state index in [2.05, 4.69) is 0 Å². The molecule has 3 unspecified atom stereocenters. The summed E-state index contributed by atoms with van der Waals surface area (Å²) in [6.07, 6.45) is -1.38. The lowest BCUT2D eigenvalue weighted by Gasteiger charge is -2.48. The third-order valence-corrected chi connectivity index (χ3v) is 5.17. The Morgan fingerprint density at radius 2 is 1.54 bits per heavy atom. The Bertz CT molecular complexity index is 797. The number of fused-ring (bicyclic) bond motifs is 1. The van der Waals surface area contributed by atoms with Crippen molar-refractivity contribution < 1.29 is 25.2 Å². The fraction of sp³-hybridized carbons (Fsp3) is 0.368. The van der Waals surface area contributed by atoms with Gasteiger partial charge in [0.2, 0.25) is 0 Å². The molecule has 2 aromatic rings. The summed E-state index contributed by atoms with van der Waals surface area (Å²) in [7, 11) is 0. The van der Waals surface area contributed by atoms with Gasteiger partial charge in [0.15, 0.2) is 5.60 Å². The summed E-state index contributed by atoms with van der Waals surface area (Å²) in [5.74, 6) is -1.91. The van der Waals surface area contributed by atoms with Crippen molar-refractivity contribution in [3.05, 3.63) is 58.1 Å². The predicted molar refractivity (Wildman–Crippen MR) is 88.9 cm³/mol. The van der Waals surface area contributed by atoms with Crippen LogP contribution in [0.5, 0.6) is 11.5 Å². The molecule has 0 radical (unpaired) electrons. The van der Waals surface area contributed by atoms with E-state index in [1.807, 2.05) is 0 Å². The molecule has 0 aliphatic carbocycles. The minimum absolute atomic E-state index is 0.0513. The number of aliphatic hydroxyl groups is 3. The van der Waals surface area contributed by atoms with Gasteiger partial charge in [0, 0.05) is 16.7 Å². The lowest BCUT2D eigenvalue weighted by molar-refractivity contribution is -0.302. The summed E-state index contributed by atoms with van der Waals surface area (Å²) in [6.45, 7) is 6.46. The number of phenols is 1. The maximum atomic E-state index is 11.1. The van der Waals surface area contributed by atoms with Crippen LogP contribution in [0.1, 0.15) is 40.8 Å². The van der Waals surface area contributed by atoms with Gasteiger partial charge in [-0.05, 0) is 38.8 Å². The van der Waals surface area contributed by atoms with E-state index >= 15 is 0 Å². The van der Waals surface area contributed by atoms with Crippen LogP contribution < -0.4 is 4.74 Å². The Morgan fingerprint density at radius 1 is 0.958 bits per heavy atom. The molecule has 0 amide bonds. The first-order valence-electron chi connectivity index (χ1n) is 7.83. The first-order chi connectivity index (χ1) is 11.1. The van der Waals surface area contributed by atoms with Crippen molar-refractivity contribution in [3.63, 3.8) is 0 Å². The first-order valence-corrected chi connectivity index (χ1v) is 7.83. The zero-order chi connectivity index (χ0) is 17.9. The molecule has 1 aliphatic rings. The molecular formula is C19H22O5. The van der Waals surface area contributed by atoms with Crippen LogP contribution in [0.3, 0.4) is 0 Å². The van der Waals surface area contributed by atoms with Crippen LogP contribution in [0, 0.1) is 20.8 Å². The predicted octanol–water partition coefficient (Wildman–Crippen LogP) is 2.34. The Kier molecular flexibility index (Phi) is 3.64. The van der Waals surface area contributed by atoms with Gasteiger partial charge in [-0.25, -0.2) is 0 Å².